The summed E-state index contributed by atoms with van der Waals surface area (Å²) in [5, 5.41) is 18.8. The summed E-state index contributed by atoms with van der Waals surface area (Å²) in [6.45, 7) is 1.46. The molecular formula is C14H15ClN4O3. The smallest absolute Gasteiger partial charge is 0.292 e. The molecule has 1 aliphatic heterocycles. The van der Waals surface area contributed by atoms with E-state index in [2.05, 4.69) is 10.4 Å². The first-order chi connectivity index (χ1) is 10.6. The first-order valence-corrected chi connectivity index (χ1v) is 7.34. The van der Waals surface area contributed by atoms with Crippen LogP contribution in [0.15, 0.2) is 30.6 Å². The number of anilines is 2. The second-order valence-corrected chi connectivity index (χ2v) is 5.53. The van der Waals surface area contributed by atoms with Crippen LogP contribution < -0.4 is 5.32 Å². The van der Waals surface area contributed by atoms with Crippen LogP contribution in [0.5, 0.6) is 0 Å². The average molecular weight is 323 g/mol. The topological polar surface area (TPSA) is 82.2 Å². The third kappa shape index (κ3) is 3.20. The largest absolute Gasteiger partial charge is 0.381 e. The summed E-state index contributed by atoms with van der Waals surface area (Å²) in [5.74, 6) is 0. The van der Waals surface area contributed by atoms with Gasteiger partial charge in [0.05, 0.1) is 22.8 Å². The van der Waals surface area contributed by atoms with Crippen LogP contribution in [0.4, 0.5) is 17.1 Å². The van der Waals surface area contributed by atoms with Gasteiger partial charge in [0.15, 0.2) is 0 Å². The molecule has 0 atom stereocenters. The van der Waals surface area contributed by atoms with Crippen molar-refractivity contribution in [1.82, 2.24) is 9.78 Å². The number of ether oxygens (including phenoxy) is 1. The lowest BCUT2D eigenvalue weighted by molar-refractivity contribution is -0.383. The summed E-state index contributed by atoms with van der Waals surface area (Å²) in [4.78, 5) is 10.6. The molecule has 2 aromatic rings. The summed E-state index contributed by atoms with van der Waals surface area (Å²) >= 11 is 5.92. The van der Waals surface area contributed by atoms with Crippen LogP contribution >= 0.6 is 11.6 Å². The lowest BCUT2D eigenvalue weighted by atomic mass is 10.1. The zero-order valence-corrected chi connectivity index (χ0v) is 12.5. The van der Waals surface area contributed by atoms with Crippen LogP contribution in [0.25, 0.3) is 0 Å². The van der Waals surface area contributed by atoms with E-state index in [0.717, 1.165) is 26.1 Å². The minimum atomic E-state index is -0.443. The maximum atomic E-state index is 11.1. The van der Waals surface area contributed by atoms with Crippen LogP contribution in [0.1, 0.15) is 18.9 Å². The van der Waals surface area contributed by atoms with Gasteiger partial charge < -0.3 is 10.1 Å². The van der Waals surface area contributed by atoms with Gasteiger partial charge in [0.25, 0.3) is 5.69 Å². The van der Waals surface area contributed by atoms with Gasteiger partial charge in [-0.05, 0) is 25.0 Å². The fourth-order valence-corrected chi connectivity index (χ4v) is 2.65. The third-order valence-corrected chi connectivity index (χ3v) is 3.84. The second kappa shape index (κ2) is 6.33. The van der Waals surface area contributed by atoms with Crippen LogP contribution in [0.3, 0.4) is 0 Å². The van der Waals surface area contributed by atoms with Gasteiger partial charge in [-0.25, -0.2) is 0 Å². The Hall–Kier alpha value is -2.12. The van der Waals surface area contributed by atoms with E-state index in [4.69, 9.17) is 16.3 Å². The molecule has 1 fully saturated rings. The minimum absolute atomic E-state index is 0.0248. The van der Waals surface area contributed by atoms with Gasteiger partial charge in [0, 0.05) is 30.5 Å². The normalized spacial score (nSPS) is 15.7. The molecule has 0 unspecified atom stereocenters. The lowest BCUT2D eigenvalue weighted by Gasteiger charge is -2.22. The number of rotatable bonds is 4. The summed E-state index contributed by atoms with van der Waals surface area (Å²) in [7, 11) is 0. The maximum absolute atomic E-state index is 11.1. The van der Waals surface area contributed by atoms with E-state index < -0.39 is 4.92 Å². The van der Waals surface area contributed by atoms with Crippen LogP contribution in [0, 0.1) is 10.1 Å². The first-order valence-electron chi connectivity index (χ1n) is 6.96. The monoisotopic (exact) mass is 322 g/mol. The molecule has 0 spiro atoms. The molecule has 1 aromatic carbocycles. The number of aromatic nitrogens is 2. The number of nitrogens with zero attached hydrogens (tertiary/aromatic N) is 3. The number of nitro benzene ring substituents is 1. The number of hydrogen-bond donors (Lipinski definition) is 1. The maximum Gasteiger partial charge on any atom is 0.292 e. The number of nitrogens with one attached hydrogen (secondary N) is 1. The van der Waals surface area contributed by atoms with Gasteiger partial charge >= 0.3 is 0 Å². The van der Waals surface area contributed by atoms with Gasteiger partial charge in [-0.15, -0.1) is 0 Å². The van der Waals surface area contributed by atoms with Crippen molar-refractivity contribution in [3.63, 3.8) is 0 Å². The fourth-order valence-electron chi connectivity index (χ4n) is 2.48. The minimum Gasteiger partial charge on any atom is -0.381 e. The van der Waals surface area contributed by atoms with Crippen molar-refractivity contribution < 1.29 is 9.66 Å². The van der Waals surface area contributed by atoms with E-state index in [1.165, 1.54) is 18.2 Å². The zero-order chi connectivity index (χ0) is 15.5. The molecule has 22 heavy (non-hydrogen) atoms. The van der Waals surface area contributed by atoms with E-state index in [0.29, 0.717) is 22.4 Å². The highest BCUT2D eigenvalue weighted by Gasteiger charge is 2.18. The predicted molar refractivity (Wildman–Crippen MR) is 82.7 cm³/mol. The number of benzene rings is 1. The molecule has 0 radical (unpaired) electrons. The molecule has 1 aromatic heterocycles. The quantitative estimate of drug-likeness (QED) is 0.687. The Morgan fingerprint density at radius 1 is 1.41 bits per heavy atom. The van der Waals surface area contributed by atoms with Crippen molar-refractivity contribution >= 4 is 28.7 Å². The molecule has 8 heteroatoms. The fraction of sp³-hybridized carbons (Fsp3) is 0.357. The Bertz CT molecular complexity index is 682. The van der Waals surface area contributed by atoms with E-state index in [9.17, 15) is 10.1 Å². The molecule has 7 nitrogen and oxygen atoms in total. The molecule has 0 saturated carbocycles. The van der Waals surface area contributed by atoms with Crippen molar-refractivity contribution in [2.75, 3.05) is 18.5 Å². The van der Waals surface area contributed by atoms with Gasteiger partial charge in [-0.2, -0.15) is 5.10 Å². The Morgan fingerprint density at radius 3 is 2.91 bits per heavy atom. The molecule has 0 aliphatic carbocycles. The third-order valence-electron chi connectivity index (χ3n) is 3.60. The summed E-state index contributed by atoms with van der Waals surface area (Å²) in [5.41, 5.74) is 1.02. The van der Waals surface area contributed by atoms with E-state index >= 15 is 0 Å². The number of nitro groups is 1. The molecule has 0 amide bonds. The number of halogens is 1. The van der Waals surface area contributed by atoms with Crippen LogP contribution in [-0.4, -0.2) is 27.9 Å². The van der Waals surface area contributed by atoms with E-state index in [1.807, 2.05) is 10.9 Å². The SMILES string of the molecule is O=[N+]([O-])c1ccc(Cl)cc1Nc1cnn(C2CCOCC2)c1. The molecule has 1 saturated heterocycles. The van der Waals surface area contributed by atoms with Gasteiger partial charge in [-0.3, -0.25) is 14.8 Å². The molecule has 0 bridgehead atoms. The standard InChI is InChI=1S/C14H15ClN4O3/c15-10-1-2-14(19(20)21)13(7-10)17-11-8-16-18(9-11)12-3-5-22-6-4-12/h1-2,7-9,12,17H,3-6H2. The summed E-state index contributed by atoms with van der Waals surface area (Å²) < 4.78 is 7.21. The predicted octanol–water partition coefficient (Wildman–Crippen LogP) is 3.54. The van der Waals surface area contributed by atoms with Crippen molar-refractivity contribution in [3.05, 3.63) is 45.7 Å². The van der Waals surface area contributed by atoms with E-state index in [-0.39, 0.29) is 5.69 Å². The molecule has 1 N–H and O–H groups in total. The van der Waals surface area contributed by atoms with Crippen LogP contribution in [0.2, 0.25) is 5.02 Å². The van der Waals surface area contributed by atoms with Gasteiger partial charge in [0.2, 0.25) is 0 Å². The van der Waals surface area contributed by atoms with Gasteiger partial charge in [0.1, 0.15) is 5.69 Å². The van der Waals surface area contributed by atoms with Crippen molar-refractivity contribution in [1.29, 1.82) is 0 Å². The molecule has 116 valence electrons. The second-order valence-electron chi connectivity index (χ2n) is 5.10. The Balaban J connectivity index is 1.80. The molecule has 1 aliphatic rings. The Labute approximate surface area is 132 Å². The Morgan fingerprint density at radius 2 is 2.18 bits per heavy atom. The average Bonchev–Trinajstić information content (AvgIpc) is 2.96. The highest BCUT2D eigenvalue weighted by Crippen LogP contribution is 2.31. The highest BCUT2D eigenvalue weighted by atomic mass is 35.5. The van der Waals surface area contributed by atoms with Crippen molar-refractivity contribution in [2.24, 2.45) is 0 Å². The first kappa shape index (κ1) is 14.8. The molecular weight excluding hydrogens is 308 g/mol. The molecule has 2 heterocycles. The van der Waals surface area contributed by atoms with Gasteiger partial charge in [-0.1, -0.05) is 11.6 Å². The highest BCUT2D eigenvalue weighted by molar-refractivity contribution is 6.31. The Kier molecular flexibility index (Phi) is 4.26. The summed E-state index contributed by atoms with van der Waals surface area (Å²) in [6.07, 6.45) is 5.33. The zero-order valence-electron chi connectivity index (χ0n) is 11.7. The lowest BCUT2D eigenvalue weighted by Crippen LogP contribution is -2.19. The molecule has 3 rings (SSSR count). The van der Waals surface area contributed by atoms with E-state index in [1.54, 1.807) is 6.20 Å². The summed E-state index contributed by atoms with van der Waals surface area (Å²) in [6, 6.07) is 4.72. The van der Waals surface area contributed by atoms with Crippen LogP contribution in [-0.2, 0) is 4.74 Å². The number of hydrogen-bond acceptors (Lipinski definition) is 5. The van der Waals surface area contributed by atoms with Crippen molar-refractivity contribution in [3.8, 4) is 0 Å². The van der Waals surface area contributed by atoms with Crippen molar-refractivity contribution in [2.45, 2.75) is 18.9 Å².